The lowest BCUT2D eigenvalue weighted by molar-refractivity contribution is 0.0957. The summed E-state index contributed by atoms with van der Waals surface area (Å²) in [6, 6.07) is 9.94. The Labute approximate surface area is 121 Å². The monoisotopic (exact) mass is 292 g/mol. The molecule has 20 heavy (non-hydrogen) atoms. The highest BCUT2D eigenvalue weighted by atomic mass is 32.1. The van der Waals surface area contributed by atoms with Gasteiger partial charge < -0.3 is 11.1 Å². The Morgan fingerprint density at radius 3 is 2.60 bits per heavy atom. The van der Waals surface area contributed by atoms with Crippen molar-refractivity contribution < 1.29 is 9.18 Å². The van der Waals surface area contributed by atoms with E-state index in [4.69, 9.17) is 5.73 Å². The molecule has 2 rings (SSSR count). The Balaban J connectivity index is 1.98. The van der Waals surface area contributed by atoms with Gasteiger partial charge in [-0.1, -0.05) is 12.1 Å². The Morgan fingerprint density at radius 2 is 1.90 bits per heavy atom. The van der Waals surface area contributed by atoms with Gasteiger partial charge >= 0.3 is 0 Å². The summed E-state index contributed by atoms with van der Waals surface area (Å²) < 4.78 is 12.9. The molecule has 1 heterocycles. The van der Waals surface area contributed by atoms with Gasteiger partial charge in [-0.3, -0.25) is 4.79 Å². The number of hydrogen-bond donors (Lipinski definition) is 2. The minimum atomic E-state index is -0.261. The number of benzene rings is 1. The largest absolute Gasteiger partial charge is 0.351 e. The molecule has 0 saturated heterocycles. The van der Waals surface area contributed by atoms with Crippen molar-refractivity contribution in [3.8, 4) is 10.4 Å². The van der Waals surface area contributed by atoms with Gasteiger partial charge in [0.2, 0.25) is 0 Å². The van der Waals surface area contributed by atoms with Crippen LogP contribution in [-0.2, 0) is 0 Å². The van der Waals surface area contributed by atoms with Crippen LogP contribution in [0, 0.1) is 5.82 Å². The smallest absolute Gasteiger partial charge is 0.261 e. The van der Waals surface area contributed by atoms with Crippen LogP contribution in [0.15, 0.2) is 36.4 Å². The number of unbranched alkanes of at least 4 members (excludes halogenated alkanes) is 1. The van der Waals surface area contributed by atoms with E-state index in [-0.39, 0.29) is 11.7 Å². The maximum atomic E-state index is 12.9. The summed E-state index contributed by atoms with van der Waals surface area (Å²) in [4.78, 5) is 13.5. The molecule has 0 atom stereocenters. The van der Waals surface area contributed by atoms with E-state index in [1.807, 2.05) is 6.07 Å². The average molecular weight is 292 g/mol. The normalized spacial score (nSPS) is 10.5. The summed E-state index contributed by atoms with van der Waals surface area (Å²) in [5, 5.41) is 2.86. The van der Waals surface area contributed by atoms with E-state index >= 15 is 0 Å². The molecular formula is C15H17FN2OS. The van der Waals surface area contributed by atoms with Gasteiger partial charge in [-0.25, -0.2) is 4.39 Å². The fourth-order valence-corrected chi connectivity index (χ4v) is 2.72. The SMILES string of the molecule is NCCCCNC(=O)c1ccc(-c2ccc(F)cc2)s1. The zero-order chi connectivity index (χ0) is 14.4. The van der Waals surface area contributed by atoms with E-state index in [1.54, 1.807) is 18.2 Å². The van der Waals surface area contributed by atoms with Gasteiger partial charge in [-0.15, -0.1) is 11.3 Å². The van der Waals surface area contributed by atoms with Gasteiger partial charge in [0.25, 0.3) is 5.91 Å². The van der Waals surface area contributed by atoms with Crippen molar-refractivity contribution in [1.82, 2.24) is 5.32 Å². The molecule has 1 aromatic carbocycles. The fourth-order valence-electron chi connectivity index (χ4n) is 1.79. The van der Waals surface area contributed by atoms with E-state index in [0.29, 0.717) is 18.0 Å². The molecule has 0 spiro atoms. The standard InChI is InChI=1S/C15H17FN2OS/c16-12-5-3-11(4-6-12)13-7-8-14(20-13)15(19)18-10-2-1-9-17/h3-8H,1-2,9-10,17H2,(H,18,19). The Hall–Kier alpha value is -1.72. The van der Waals surface area contributed by atoms with Gasteiger partial charge in [0.1, 0.15) is 5.82 Å². The number of thiophene rings is 1. The highest BCUT2D eigenvalue weighted by Gasteiger charge is 2.09. The number of halogens is 1. The van der Waals surface area contributed by atoms with Gasteiger partial charge in [-0.2, -0.15) is 0 Å². The van der Waals surface area contributed by atoms with Crippen molar-refractivity contribution in [2.24, 2.45) is 5.73 Å². The van der Waals surface area contributed by atoms with Gasteiger partial charge in [-0.05, 0) is 49.2 Å². The molecule has 5 heteroatoms. The first kappa shape index (κ1) is 14.7. The highest BCUT2D eigenvalue weighted by Crippen LogP contribution is 2.28. The zero-order valence-electron chi connectivity index (χ0n) is 11.1. The van der Waals surface area contributed by atoms with Crippen molar-refractivity contribution in [1.29, 1.82) is 0 Å². The van der Waals surface area contributed by atoms with Crippen LogP contribution in [0.4, 0.5) is 4.39 Å². The number of amides is 1. The number of nitrogens with two attached hydrogens (primary N) is 1. The van der Waals surface area contributed by atoms with Crippen LogP contribution in [-0.4, -0.2) is 19.0 Å². The lowest BCUT2D eigenvalue weighted by Crippen LogP contribution is -2.23. The lowest BCUT2D eigenvalue weighted by Gasteiger charge is -2.02. The summed E-state index contributed by atoms with van der Waals surface area (Å²) in [6.07, 6.45) is 1.80. The molecule has 1 aromatic heterocycles. The summed E-state index contributed by atoms with van der Waals surface area (Å²) >= 11 is 1.40. The summed E-state index contributed by atoms with van der Waals surface area (Å²) in [7, 11) is 0. The molecule has 0 unspecified atom stereocenters. The van der Waals surface area contributed by atoms with Gasteiger partial charge in [0.15, 0.2) is 0 Å². The number of carbonyl (C=O) groups is 1. The number of carbonyl (C=O) groups excluding carboxylic acids is 1. The Morgan fingerprint density at radius 1 is 1.15 bits per heavy atom. The molecule has 0 bridgehead atoms. The fraction of sp³-hybridized carbons (Fsp3) is 0.267. The molecule has 0 aliphatic heterocycles. The molecule has 3 N–H and O–H groups in total. The minimum Gasteiger partial charge on any atom is -0.351 e. The van der Waals surface area contributed by atoms with Crippen LogP contribution < -0.4 is 11.1 Å². The lowest BCUT2D eigenvalue weighted by atomic mass is 10.2. The van der Waals surface area contributed by atoms with Crippen molar-refractivity contribution >= 4 is 17.2 Å². The van der Waals surface area contributed by atoms with E-state index in [1.165, 1.54) is 23.5 Å². The maximum Gasteiger partial charge on any atom is 0.261 e. The summed E-state index contributed by atoms with van der Waals surface area (Å²) in [6.45, 7) is 1.28. The van der Waals surface area contributed by atoms with Gasteiger partial charge in [0, 0.05) is 11.4 Å². The minimum absolute atomic E-state index is 0.0691. The van der Waals surface area contributed by atoms with Crippen molar-refractivity contribution in [3.05, 3.63) is 47.1 Å². The topological polar surface area (TPSA) is 55.1 Å². The number of nitrogens with one attached hydrogen (secondary N) is 1. The predicted octanol–water partition coefficient (Wildman–Crippen LogP) is 3.02. The quantitative estimate of drug-likeness (QED) is 0.804. The second-order valence-electron chi connectivity index (χ2n) is 4.42. The molecule has 1 amide bonds. The Kier molecular flexibility index (Phi) is 5.26. The third kappa shape index (κ3) is 3.88. The summed E-state index contributed by atoms with van der Waals surface area (Å²) in [5.41, 5.74) is 6.31. The predicted molar refractivity (Wildman–Crippen MR) is 80.3 cm³/mol. The van der Waals surface area contributed by atoms with Crippen LogP contribution >= 0.6 is 11.3 Å². The second-order valence-corrected chi connectivity index (χ2v) is 5.51. The first-order valence-electron chi connectivity index (χ1n) is 6.55. The molecule has 0 fully saturated rings. The third-order valence-corrected chi connectivity index (χ3v) is 4.01. The Bertz CT molecular complexity index is 566. The van der Waals surface area contributed by atoms with Crippen LogP contribution in [0.2, 0.25) is 0 Å². The molecular weight excluding hydrogens is 275 g/mol. The van der Waals surface area contributed by atoms with E-state index < -0.39 is 0 Å². The van der Waals surface area contributed by atoms with Crippen molar-refractivity contribution in [2.45, 2.75) is 12.8 Å². The molecule has 0 radical (unpaired) electrons. The first-order valence-corrected chi connectivity index (χ1v) is 7.36. The van der Waals surface area contributed by atoms with E-state index in [9.17, 15) is 9.18 Å². The van der Waals surface area contributed by atoms with E-state index in [2.05, 4.69) is 5.32 Å². The van der Waals surface area contributed by atoms with Crippen molar-refractivity contribution in [2.75, 3.05) is 13.1 Å². The van der Waals surface area contributed by atoms with Crippen molar-refractivity contribution in [3.63, 3.8) is 0 Å². The third-order valence-electron chi connectivity index (χ3n) is 2.87. The molecule has 106 valence electrons. The number of hydrogen-bond acceptors (Lipinski definition) is 3. The van der Waals surface area contributed by atoms with Crippen LogP contribution in [0.1, 0.15) is 22.5 Å². The first-order chi connectivity index (χ1) is 9.70. The molecule has 3 nitrogen and oxygen atoms in total. The highest BCUT2D eigenvalue weighted by molar-refractivity contribution is 7.17. The summed E-state index contributed by atoms with van der Waals surface area (Å²) in [5.74, 6) is -0.330. The zero-order valence-corrected chi connectivity index (χ0v) is 11.9. The molecule has 0 aliphatic carbocycles. The van der Waals surface area contributed by atoms with Crippen LogP contribution in [0.3, 0.4) is 0 Å². The number of rotatable bonds is 6. The van der Waals surface area contributed by atoms with E-state index in [0.717, 1.165) is 23.3 Å². The maximum absolute atomic E-state index is 12.9. The molecule has 0 aliphatic rings. The molecule has 0 saturated carbocycles. The van der Waals surface area contributed by atoms with Crippen LogP contribution in [0.5, 0.6) is 0 Å². The molecule has 2 aromatic rings. The second kappa shape index (κ2) is 7.17. The van der Waals surface area contributed by atoms with Crippen LogP contribution in [0.25, 0.3) is 10.4 Å². The van der Waals surface area contributed by atoms with Gasteiger partial charge in [0.05, 0.1) is 4.88 Å². The average Bonchev–Trinajstić information content (AvgIpc) is 2.94.